The number of ether oxygens (including phenoxy) is 10. The van der Waals surface area contributed by atoms with Crippen LogP contribution in [-0.2, 0) is 88.3 Å². The lowest BCUT2D eigenvalue weighted by Crippen LogP contribution is -2.60. The summed E-state index contributed by atoms with van der Waals surface area (Å²) in [5.74, 6) is 2.29. The normalized spacial score (nSPS) is 32.8. The van der Waals surface area contributed by atoms with Crippen molar-refractivity contribution in [2.45, 2.75) is 567 Å². The molecule has 149 heavy (non-hydrogen) atoms. The Morgan fingerprint density at radius 3 is 1.07 bits per heavy atom. The number of carbonyl (C=O) groups excluding carboxylic acids is 3. The number of aliphatic hydroxyl groups is 1. The molecule has 8 heterocycles. The van der Waals surface area contributed by atoms with Crippen LogP contribution in [0.25, 0.3) is 0 Å². The summed E-state index contributed by atoms with van der Waals surface area (Å²) in [6, 6.07) is 0. The predicted molar refractivity (Wildman–Crippen MR) is 632 cm³/mol. The number of ketones is 1. The van der Waals surface area contributed by atoms with Crippen LogP contribution in [0.1, 0.15) is 330 Å². The van der Waals surface area contributed by atoms with E-state index in [4.69, 9.17) is 73.9 Å². The fourth-order valence-electron chi connectivity index (χ4n) is 21.4. The molecule has 0 aliphatic carbocycles. The molecule has 1 N–H and O–H groups in total. The molecular weight excluding hydrogens is 1970 g/mol. The minimum absolute atomic E-state index is 0. The van der Waals surface area contributed by atoms with Gasteiger partial charge in [0, 0.05) is 44.3 Å². The number of esters is 2. The van der Waals surface area contributed by atoms with Gasteiger partial charge >= 0.3 is 11.9 Å². The molecule has 8 rings (SSSR count). The van der Waals surface area contributed by atoms with Gasteiger partial charge in [-0.2, -0.15) is 0 Å². The van der Waals surface area contributed by atoms with Gasteiger partial charge in [0.15, 0.2) is 55.7 Å². The van der Waals surface area contributed by atoms with E-state index in [1.807, 2.05) is 24.3 Å². The highest BCUT2D eigenvalue weighted by Gasteiger charge is 2.57. The fourth-order valence-corrected chi connectivity index (χ4v) is 29.0. The van der Waals surface area contributed by atoms with Crippen molar-refractivity contribution in [2.75, 3.05) is 27.4 Å². The van der Waals surface area contributed by atoms with Crippen LogP contribution in [0, 0.1) is 71.0 Å². The van der Waals surface area contributed by atoms with E-state index in [1.165, 1.54) is 14.2 Å². The van der Waals surface area contributed by atoms with Gasteiger partial charge in [0.05, 0.1) is 143 Å². The van der Waals surface area contributed by atoms with Crippen molar-refractivity contribution in [2.24, 2.45) is 71.0 Å². The molecule has 0 aromatic rings. The molecule has 0 aromatic carbocycles. The first-order valence-electron chi connectivity index (χ1n) is 57.7. The van der Waals surface area contributed by atoms with E-state index in [0.717, 1.165) is 106 Å². The van der Waals surface area contributed by atoms with Crippen LogP contribution in [-0.4, -0.2) is 228 Å². The average molecular weight is 2190 g/mol. The highest BCUT2D eigenvalue weighted by atomic mass is 28.4. The van der Waals surface area contributed by atoms with E-state index in [1.54, 1.807) is 6.08 Å². The summed E-state index contributed by atoms with van der Waals surface area (Å²) in [6.07, 6.45) is 22.4. The molecule has 0 spiro atoms. The lowest BCUT2D eigenvalue weighted by molar-refractivity contribution is -0.184. The zero-order chi connectivity index (χ0) is 112. The van der Waals surface area contributed by atoms with Gasteiger partial charge < -0.3 is 79.0 Å². The molecular formula is C123H226O20Si6. The molecule has 5 unspecified atom stereocenters. The van der Waals surface area contributed by atoms with Crippen LogP contribution >= 0.6 is 0 Å². The lowest BCUT2D eigenvalue weighted by Gasteiger charge is -2.52. The Balaban J connectivity index is 0.000000452. The lowest BCUT2D eigenvalue weighted by atomic mass is 9.79. The molecule has 862 valence electrons. The monoisotopic (exact) mass is 2190 g/mol. The van der Waals surface area contributed by atoms with Gasteiger partial charge in [0.1, 0.15) is 12.2 Å². The molecule has 8 fully saturated rings. The Morgan fingerprint density at radius 1 is 0.403 bits per heavy atom. The van der Waals surface area contributed by atoms with E-state index in [9.17, 15) is 19.5 Å². The third kappa shape index (κ3) is 37.1. The number of methoxy groups -OCH3 is 2. The summed E-state index contributed by atoms with van der Waals surface area (Å²) in [4.78, 5) is 39.5. The molecule has 0 bridgehead atoms. The summed E-state index contributed by atoms with van der Waals surface area (Å²) in [5, 5.41) is 11.9. The van der Waals surface area contributed by atoms with Gasteiger partial charge in [-0.25, -0.2) is 0 Å². The first-order chi connectivity index (χ1) is 67.9. The second kappa shape index (κ2) is 55.5. The number of allylic oxidation sites excluding steroid dienone is 1. The molecule has 33 atom stereocenters. The standard InChI is InChI=1S/C61H112O10Si3.C61H110O10Si3.CH4/c2*1-25-26-51-43(6)44(7)57(71-74(23,24)61(15,16)17)58(69-51)52(70-73(21,22)60(12,13)14)31-28-46(62)27-29-47-35-41(4)50(66-47)32-30-48-34-40(3)42(5)54(67-48)37-55-49(36-56(63)64-18)45(8)53(68-55)33-39(2)38-65-72(19,20)59(9,10)11;/h25,28,31,39-40,43-55,57-58,62H,1,4-5,26-27,29-30,32-38H2,2-3,6-24H3;25,28,31,39-40,43-45,47-55,57-58H,1,4-5,26-27,29-30,32-38H2,2-3,6-24H3;1H4/b2*31-28+;/t39-,40+,43+,44-,45+,46?,47-,48-,49+,50?,51-,52-,53+,54+,55?,57-,58-;39-,40+,43+,44-,45+,47-,48-,49+,50?,51-,52-,53+,54+,55?,57-,58-;/m00./s1. The SMILES string of the molecule is C.C=CC[C@@H]1O[C@@H]([C@H](/C=C/C(=O)CC[C@H]2CC(=C)C(CC[C@H]3C[C@@H](C)C(=C)[C@@H](CC4O[C@H](C[C@H](C)CO[Si](C)(C)C(C)(C)C)[C@H](C)[C@H]4CC(=O)OC)O3)O2)O[Si](C)(C)C(C)(C)C)[C@@H](O[Si](C)(C)C(C)(C)C)[C@@H](C)[C@H]1C.C=CC[C@@H]1O[C@@H]([C@H](/C=C/C(O)CC[C@H]2CC(=C)C(CC[C@H]3C[C@@H](C)C(=C)[C@@H](CC4O[C@H](C[C@H](C)CO[Si](C)(C)C(C)(C)C)[C@H](C)[C@H]4CC(=O)OC)O3)O2)O[Si](C)(C)C(C)(C)C)[C@@H](O[Si](C)(C)C(C)(C)C)[C@@H](C)[C@H]1C. The second-order valence-electron chi connectivity index (χ2n) is 56.6. The van der Waals surface area contributed by atoms with E-state index >= 15 is 0 Å². The van der Waals surface area contributed by atoms with Gasteiger partial charge in [-0.15, -0.1) is 13.2 Å². The molecule has 0 radical (unpaired) electrons. The summed E-state index contributed by atoms with van der Waals surface area (Å²) in [5.41, 5.74) is 4.40. The maximum Gasteiger partial charge on any atom is 0.305 e. The minimum Gasteiger partial charge on any atom is -0.469 e. The largest absolute Gasteiger partial charge is 0.469 e. The van der Waals surface area contributed by atoms with Crippen LogP contribution in [0.4, 0.5) is 0 Å². The van der Waals surface area contributed by atoms with Gasteiger partial charge in [0.2, 0.25) is 0 Å². The maximum atomic E-state index is 13.9. The number of hydrogen-bond acceptors (Lipinski definition) is 20. The highest BCUT2D eigenvalue weighted by molar-refractivity contribution is 6.76. The van der Waals surface area contributed by atoms with E-state index in [2.05, 4.69) is 318 Å². The van der Waals surface area contributed by atoms with E-state index in [-0.39, 0.29) is 219 Å². The number of rotatable bonds is 48. The fraction of sp³-hybridized carbons (Fsp3) is 0.846. The minimum atomic E-state index is -2.33. The third-order valence-corrected chi connectivity index (χ3v) is 65.8. The summed E-state index contributed by atoms with van der Waals surface area (Å²) >= 11 is 0. The molecule has 0 saturated carbocycles. The Labute approximate surface area is 918 Å². The van der Waals surface area contributed by atoms with Crippen molar-refractivity contribution in [3.05, 3.63) is 98.2 Å². The molecule has 8 saturated heterocycles. The summed E-state index contributed by atoms with van der Waals surface area (Å²) < 4.78 is 108. The summed E-state index contributed by atoms with van der Waals surface area (Å²) in [6.45, 7) is 119. The van der Waals surface area contributed by atoms with Crippen molar-refractivity contribution in [3.63, 3.8) is 0 Å². The van der Waals surface area contributed by atoms with Crippen LogP contribution in [0.3, 0.4) is 0 Å². The smallest absolute Gasteiger partial charge is 0.305 e. The first-order valence-corrected chi connectivity index (χ1v) is 75.2. The van der Waals surface area contributed by atoms with Crippen molar-refractivity contribution in [1.82, 2.24) is 0 Å². The zero-order valence-electron chi connectivity index (χ0n) is 102. The van der Waals surface area contributed by atoms with Crippen molar-refractivity contribution < 1.29 is 93.4 Å². The van der Waals surface area contributed by atoms with Gasteiger partial charge in [-0.05, 0) is 293 Å². The molecule has 8 aliphatic rings. The van der Waals surface area contributed by atoms with Gasteiger partial charge in [-0.3, -0.25) is 14.4 Å². The first kappa shape index (κ1) is 135. The zero-order valence-corrected chi connectivity index (χ0v) is 108. The Bertz CT molecular complexity index is 4300. The average Bonchev–Trinajstić information content (AvgIpc) is 1.68. The number of hydrogen-bond donors (Lipinski definition) is 1. The van der Waals surface area contributed by atoms with E-state index < -0.39 is 68.2 Å². The predicted octanol–water partition coefficient (Wildman–Crippen LogP) is 30.7. The molecule has 0 aromatic heterocycles. The molecule has 8 aliphatic heterocycles. The number of aliphatic hydroxyl groups excluding tert-OH is 1. The van der Waals surface area contributed by atoms with Crippen LogP contribution in [0.2, 0.25) is 109 Å². The van der Waals surface area contributed by atoms with Crippen molar-refractivity contribution in [3.8, 4) is 0 Å². The van der Waals surface area contributed by atoms with Gasteiger partial charge in [0.25, 0.3) is 0 Å². The van der Waals surface area contributed by atoms with Crippen molar-refractivity contribution in [1.29, 1.82) is 0 Å². The molecule has 0 amide bonds. The highest BCUT2D eigenvalue weighted by Crippen LogP contribution is 2.53. The van der Waals surface area contributed by atoms with Crippen LogP contribution in [0.5, 0.6) is 0 Å². The van der Waals surface area contributed by atoms with Gasteiger partial charge in [-0.1, -0.05) is 258 Å². The van der Waals surface area contributed by atoms with Crippen LogP contribution in [0.15, 0.2) is 98.2 Å². The van der Waals surface area contributed by atoms with E-state index in [0.29, 0.717) is 75.9 Å². The Hall–Kier alpha value is -2.77. The maximum absolute atomic E-state index is 13.9. The van der Waals surface area contributed by atoms with Crippen molar-refractivity contribution >= 4 is 67.6 Å². The summed E-state index contributed by atoms with van der Waals surface area (Å²) in [7, 11) is -9.86. The quantitative estimate of drug-likeness (QED) is 0.0259. The number of carbonyl (C=O) groups is 3. The third-order valence-electron chi connectivity index (χ3n) is 38.9. The topological polar surface area (TPSA) is 219 Å². The Morgan fingerprint density at radius 2 is 0.738 bits per heavy atom. The van der Waals surface area contributed by atoms with Crippen LogP contribution < -0.4 is 0 Å². The molecule has 20 nitrogen and oxygen atoms in total. The molecule has 26 heteroatoms. The second-order valence-corrected chi connectivity index (χ2v) is 85.3. The Kier molecular flexibility index (Phi) is 50.3.